The number of aromatic nitrogens is 2. The number of hydrogen-bond donors (Lipinski definition) is 2. The molecule has 0 bridgehead atoms. The summed E-state index contributed by atoms with van der Waals surface area (Å²) in [6, 6.07) is -0.703. The van der Waals surface area contributed by atoms with Crippen LogP contribution >= 0.6 is 15.9 Å². The van der Waals surface area contributed by atoms with Crippen LogP contribution in [-0.2, 0) is 4.79 Å². The Morgan fingerprint density at radius 3 is 2.50 bits per heavy atom. The van der Waals surface area contributed by atoms with Crippen LogP contribution in [0, 0.1) is 6.92 Å². The number of rotatable bonds is 3. The fourth-order valence-corrected chi connectivity index (χ4v) is 1.85. The molecule has 1 rings (SSSR count). The average Bonchev–Trinajstić information content (AvgIpc) is 2.29. The molecule has 14 heavy (non-hydrogen) atoms. The van der Waals surface area contributed by atoms with Gasteiger partial charge in [0.05, 0.1) is 5.69 Å². The van der Waals surface area contributed by atoms with Gasteiger partial charge in [-0.1, -0.05) is 0 Å². The molecular weight excluding hydrogens is 250 g/mol. The summed E-state index contributed by atoms with van der Waals surface area (Å²) in [4.78, 5) is 19.6. The number of aryl methyl sites for hydroxylation is 1. The van der Waals surface area contributed by atoms with E-state index in [1.807, 2.05) is 0 Å². The number of H-pyrrole nitrogens is 1. The van der Waals surface area contributed by atoms with Crippen molar-refractivity contribution >= 4 is 21.9 Å². The quantitative estimate of drug-likeness (QED) is 0.857. The van der Waals surface area contributed by atoms with Gasteiger partial charge in [0.15, 0.2) is 6.04 Å². The molecule has 1 aromatic rings. The summed E-state index contributed by atoms with van der Waals surface area (Å²) >= 11 is 3.22. The summed E-state index contributed by atoms with van der Waals surface area (Å²) in [5, 5.41) is 9.02. The first-order valence-electron chi connectivity index (χ1n) is 4.04. The summed E-state index contributed by atoms with van der Waals surface area (Å²) in [5.74, 6) is -0.209. The number of carbonyl (C=O) groups is 1. The monoisotopic (exact) mass is 261 g/mol. The van der Waals surface area contributed by atoms with Crippen LogP contribution in [0.15, 0.2) is 4.60 Å². The maximum absolute atomic E-state index is 11.0. The maximum Gasteiger partial charge on any atom is 0.327 e. The van der Waals surface area contributed by atoms with Gasteiger partial charge in [-0.2, -0.15) is 0 Å². The molecule has 0 saturated heterocycles. The van der Waals surface area contributed by atoms with Gasteiger partial charge in [0.25, 0.3) is 0 Å². The maximum atomic E-state index is 11.0. The van der Waals surface area contributed by atoms with Crippen molar-refractivity contribution < 1.29 is 9.90 Å². The van der Waals surface area contributed by atoms with Crippen molar-refractivity contribution in [3.8, 4) is 0 Å². The third-order valence-electron chi connectivity index (χ3n) is 1.83. The van der Waals surface area contributed by atoms with Gasteiger partial charge in [-0.25, -0.2) is 4.98 Å². The Balaban J connectivity index is 3.11. The third-order valence-corrected chi connectivity index (χ3v) is 2.43. The first-order chi connectivity index (χ1) is 6.43. The molecule has 0 aliphatic heterocycles. The number of carboxylic acid groups (broad SMARTS) is 1. The van der Waals surface area contributed by atoms with Crippen LogP contribution in [-0.4, -0.2) is 40.0 Å². The standard InChI is InChI=1S/C8H12BrN3O2/c1-4-10-5(7(9)11-4)6(8(13)14)12(2)3/h6H,1-3H3,(H,10,11)(H,13,14). The highest BCUT2D eigenvalue weighted by Gasteiger charge is 2.26. The zero-order chi connectivity index (χ0) is 10.9. The second kappa shape index (κ2) is 4.10. The highest BCUT2D eigenvalue weighted by atomic mass is 79.9. The highest BCUT2D eigenvalue weighted by molar-refractivity contribution is 9.10. The van der Waals surface area contributed by atoms with E-state index in [1.54, 1.807) is 25.9 Å². The van der Waals surface area contributed by atoms with E-state index in [2.05, 4.69) is 25.9 Å². The van der Waals surface area contributed by atoms with Crippen LogP contribution in [0.2, 0.25) is 0 Å². The number of hydrogen-bond acceptors (Lipinski definition) is 3. The minimum absolute atomic E-state index is 0.552. The van der Waals surface area contributed by atoms with Crippen molar-refractivity contribution in [1.29, 1.82) is 0 Å². The Morgan fingerprint density at radius 2 is 2.21 bits per heavy atom. The molecule has 1 atom stereocenters. The van der Waals surface area contributed by atoms with Crippen molar-refractivity contribution in [3.63, 3.8) is 0 Å². The molecule has 0 aliphatic rings. The second-order valence-corrected chi connectivity index (χ2v) is 3.98. The number of aliphatic carboxylic acids is 1. The number of aromatic amines is 1. The van der Waals surface area contributed by atoms with Crippen molar-refractivity contribution in [2.75, 3.05) is 14.1 Å². The fourth-order valence-electron chi connectivity index (χ4n) is 1.27. The lowest BCUT2D eigenvalue weighted by atomic mass is 10.2. The largest absolute Gasteiger partial charge is 0.480 e. The van der Waals surface area contributed by atoms with Gasteiger partial charge >= 0.3 is 5.97 Å². The molecule has 0 aliphatic carbocycles. The number of nitrogens with one attached hydrogen (secondary N) is 1. The Labute approximate surface area is 90.3 Å². The van der Waals surface area contributed by atoms with E-state index in [9.17, 15) is 4.79 Å². The van der Waals surface area contributed by atoms with E-state index >= 15 is 0 Å². The zero-order valence-electron chi connectivity index (χ0n) is 8.21. The highest BCUT2D eigenvalue weighted by Crippen LogP contribution is 2.24. The molecule has 2 N–H and O–H groups in total. The van der Waals surface area contributed by atoms with Crippen LogP contribution in [0.1, 0.15) is 17.6 Å². The Morgan fingerprint density at radius 1 is 1.64 bits per heavy atom. The number of halogens is 1. The Bertz CT molecular complexity index is 348. The van der Waals surface area contributed by atoms with Crippen LogP contribution in [0.5, 0.6) is 0 Å². The van der Waals surface area contributed by atoms with Gasteiger partial charge in [0.2, 0.25) is 0 Å². The van der Waals surface area contributed by atoms with E-state index in [0.717, 1.165) is 0 Å². The van der Waals surface area contributed by atoms with Crippen LogP contribution in [0.25, 0.3) is 0 Å². The van der Waals surface area contributed by atoms with Crippen LogP contribution in [0.4, 0.5) is 0 Å². The number of carboxylic acids is 1. The predicted octanol–water partition coefficient (Wildman–Crippen LogP) is 1.17. The van der Waals surface area contributed by atoms with E-state index in [0.29, 0.717) is 16.1 Å². The van der Waals surface area contributed by atoms with Gasteiger partial charge in [0.1, 0.15) is 10.4 Å². The lowest BCUT2D eigenvalue weighted by Gasteiger charge is -2.18. The molecule has 0 spiro atoms. The molecule has 78 valence electrons. The second-order valence-electron chi connectivity index (χ2n) is 3.23. The molecule has 6 heteroatoms. The first-order valence-corrected chi connectivity index (χ1v) is 4.84. The lowest BCUT2D eigenvalue weighted by Crippen LogP contribution is -2.28. The predicted molar refractivity (Wildman–Crippen MR) is 55.1 cm³/mol. The van der Waals surface area contributed by atoms with Crippen molar-refractivity contribution in [2.24, 2.45) is 0 Å². The van der Waals surface area contributed by atoms with E-state index in [1.165, 1.54) is 0 Å². The summed E-state index contributed by atoms with van der Waals surface area (Å²) in [6.07, 6.45) is 0. The number of likely N-dealkylation sites (N-methyl/N-ethyl adjacent to an activating group) is 1. The normalized spacial score (nSPS) is 13.2. The van der Waals surface area contributed by atoms with Crippen LogP contribution < -0.4 is 0 Å². The number of imidazole rings is 1. The smallest absolute Gasteiger partial charge is 0.327 e. The van der Waals surface area contributed by atoms with Crippen LogP contribution in [0.3, 0.4) is 0 Å². The van der Waals surface area contributed by atoms with E-state index in [4.69, 9.17) is 5.11 Å². The zero-order valence-corrected chi connectivity index (χ0v) is 9.79. The third kappa shape index (κ3) is 2.13. The van der Waals surface area contributed by atoms with Crippen molar-refractivity contribution in [1.82, 2.24) is 14.9 Å². The minimum Gasteiger partial charge on any atom is -0.480 e. The van der Waals surface area contributed by atoms with Gasteiger partial charge in [0, 0.05) is 0 Å². The van der Waals surface area contributed by atoms with E-state index in [-0.39, 0.29) is 0 Å². The molecule has 0 aromatic carbocycles. The molecule has 1 aromatic heterocycles. The SMILES string of the molecule is Cc1nc(Br)c(C(C(=O)O)N(C)C)[nH]1. The first kappa shape index (κ1) is 11.2. The fraction of sp³-hybridized carbons (Fsp3) is 0.500. The minimum atomic E-state index is -0.903. The molecule has 1 unspecified atom stereocenters. The molecule has 0 radical (unpaired) electrons. The van der Waals surface area contributed by atoms with Crippen molar-refractivity contribution in [3.05, 3.63) is 16.1 Å². The molecule has 0 fully saturated rings. The van der Waals surface area contributed by atoms with Gasteiger partial charge in [-0.3, -0.25) is 9.69 Å². The Hall–Kier alpha value is -0.880. The van der Waals surface area contributed by atoms with Gasteiger partial charge < -0.3 is 10.1 Å². The number of nitrogens with zero attached hydrogens (tertiary/aromatic N) is 2. The molecule has 5 nitrogen and oxygen atoms in total. The molecular formula is C8H12BrN3O2. The molecule has 0 amide bonds. The average molecular weight is 262 g/mol. The van der Waals surface area contributed by atoms with Gasteiger partial charge in [-0.15, -0.1) is 0 Å². The summed E-state index contributed by atoms with van der Waals surface area (Å²) in [5.41, 5.74) is 0.569. The lowest BCUT2D eigenvalue weighted by molar-refractivity contribution is -0.142. The Kier molecular flexibility index (Phi) is 3.28. The summed E-state index contributed by atoms with van der Waals surface area (Å²) in [7, 11) is 3.42. The van der Waals surface area contributed by atoms with Gasteiger partial charge in [-0.05, 0) is 36.9 Å². The van der Waals surface area contributed by atoms with E-state index < -0.39 is 12.0 Å². The summed E-state index contributed by atoms with van der Waals surface area (Å²) < 4.78 is 0.552. The molecule has 1 heterocycles. The topological polar surface area (TPSA) is 69.2 Å². The summed E-state index contributed by atoms with van der Waals surface area (Å²) in [6.45, 7) is 1.78. The van der Waals surface area contributed by atoms with Crippen molar-refractivity contribution in [2.45, 2.75) is 13.0 Å². The molecule has 0 saturated carbocycles.